The first-order valence-electron chi connectivity index (χ1n) is 7.25. The van der Waals surface area contributed by atoms with Gasteiger partial charge in [0.2, 0.25) is 0 Å². The lowest BCUT2D eigenvalue weighted by Crippen LogP contribution is -2.34. The van der Waals surface area contributed by atoms with Crippen molar-refractivity contribution in [3.8, 4) is 0 Å². The summed E-state index contributed by atoms with van der Waals surface area (Å²) in [4.78, 5) is 12.8. The predicted molar refractivity (Wildman–Crippen MR) is 85.1 cm³/mol. The summed E-state index contributed by atoms with van der Waals surface area (Å²) in [5.74, 6) is -0.565. The van der Waals surface area contributed by atoms with Gasteiger partial charge in [0, 0.05) is 11.2 Å². The van der Waals surface area contributed by atoms with Crippen LogP contribution in [0.25, 0.3) is 10.1 Å². The number of hydrogen-bond acceptors (Lipinski definition) is 3. The minimum atomic E-state index is -0.372. The van der Waals surface area contributed by atoms with Crippen molar-refractivity contribution in [1.29, 1.82) is 0 Å². The van der Waals surface area contributed by atoms with Crippen LogP contribution in [-0.2, 0) is 0 Å². The van der Waals surface area contributed by atoms with Crippen LogP contribution < -0.4 is 11.1 Å². The zero-order valence-electron chi connectivity index (χ0n) is 12.0. The van der Waals surface area contributed by atoms with Crippen molar-refractivity contribution in [2.45, 2.75) is 32.6 Å². The van der Waals surface area contributed by atoms with Crippen LogP contribution in [0.2, 0.25) is 0 Å². The van der Waals surface area contributed by atoms with Gasteiger partial charge < -0.3 is 11.1 Å². The van der Waals surface area contributed by atoms with E-state index in [1.54, 1.807) is 12.1 Å². The average molecular weight is 306 g/mol. The highest BCUT2D eigenvalue weighted by molar-refractivity contribution is 7.21. The van der Waals surface area contributed by atoms with Crippen molar-refractivity contribution >= 4 is 33.0 Å². The van der Waals surface area contributed by atoms with Crippen LogP contribution in [0.1, 0.15) is 42.3 Å². The lowest BCUT2D eigenvalue weighted by Gasteiger charge is -2.23. The number of benzene rings is 1. The minimum absolute atomic E-state index is 0.187. The molecule has 1 aliphatic rings. The molecule has 0 atom stereocenters. The maximum atomic E-state index is 13.8. The van der Waals surface area contributed by atoms with E-state index in [0.29, 0.717) is 21.5 Å². The smallest absolute Gasteiger partial charge is 0.263 e. The Bertz CT molecular complexity index is 689. The molecule has 0 unspecified atom stereocenters. The molecule has 5 heteroatoms. The molecule has 1 heterocycles. The molecule has 0 saturated heterocycles. The Hall–Kier alpha value is -1.62. The van der Waals surface area contributed by atoms with Crippen molar-refractivity contribution in [2.24, 2.45) is 5.41 Å². The maximum absolute atomic E-state index is 13.8. The van der Waals surface area contributed by atoms with E-state index in [1.807, 2.05) is 0 Å². The number of thiophene rings is 1. The van der Waals surface area contributed by atoms with Gasteiger partial charge >= 0.3 is 0 Å². The molecule has 2 aromatic rings. The molecular formula is C16H19FN2OS. The van der Waals surface area contributed by atoms with E-state index < -0.39 is 0 Å². The van der Waals surface area contributed by atoms with Gasteiger partial charge in [0.25, 0.3) is 5.91 Å². The van der Waals surface area contributed by atoms with E-state index in [9.17, 15) is 9.18 Å². The Morgan fingerprint density at radius 1 is 1.43 bits per heavy atom. The zero-order chi connectivity index (χ0) is 15.0. The second-order valence-electron chi connectivity index (χ2n) is 6.16. The van der Waals surface area contributed by atoms with Gasteiger partial charge in [-0.2, -0.15) is 0 Å². The average Bonchev–Trinajstić information content (AvgIpc) is 3.02. The van der Waals surface area contributed by atoms with Crippen LogP contribution in [0, 0.1) is 11.2 Å². The van der Waals surface area contributed by atoms with Gasteiger partial charge in [-0.15, -0.1) is 11.3 Å². The number of amides is 1. The van der Waals surface area contributed by atoms with E-state index in [2.05, 4.69) is 12.2 Å². The number of nitrogens with one attached hydrogen (secondary N) is 1. The van der Waals surface area contributed by atoms with E-state index >= 15 is 0 Å². The zero-order valence-corrected chi connectivity index (χ0v) is 12.9. The molecule has 1 fully saturated rings. The number of fused-ring (bicyclic) bond motifs is 1. The summed E-state index contributed by atoms with van der Waals surface area (Å²) < 4.78 is 14.5. The second kappa shape index (κ2) is 5.30. The molecular weight excluding hydrogens is 287 g/mol. The summed E-state index contributed by atoms with van der Waals surface area (Å²) in [5.41, 5.74) is 6.41. The number of rotatable bonds is 3. The molecule has 0 spiro atoms. The number of carbonyl (C=O) groups excluding carboxylic acids is 1. The first-order valence-corrected chi connectivity index (χ1v) is 8.06. The van der Waals surface area contributed by atoms with Crippen molar-refractivity contribution in [3.05, 3.63) is 28.9 Å². The van der Waals surface area contributed by atoms with Crippen LogP contribution >= 0.6 is 11.3 Å². The molecule has 0 aliphatic heterocycles. The number of halogens is 1. The summed E-state index contributed by atoms with van der Waals surface area (Å²) in [7, 11) is 0. The van der Waals surface area contributed by atoms with Crippen molar-refractivity contribution in [3.63, 3.8) is 0 Å². The first kappa shape index (κ1) is 14.3. The quantitative estimate of drug-likeness (QED) is 0.902. The highest BCUT2D eigenvalue weighted by Gasteiger charge is 2.29. The van der Waals surface area contributed by atoms with E-state index in [-0.39, 0.29) is 22.8 Å². The highest BCUT2D eigenvalue weighted by atomic mass is 32.1. The third-order valence-electron chi connectivity index (χ3n) is 4.39. The molecule has 1 aromatic carbocycles. The normalized spacial score (nSPS) is 17.2. The monoisotopic (exact) mass is 306 g/mol. The molecule has 0 radical (unpaired) electrons. The molecule has 1 amide bonds. The Labute approximate surface area is 127 Å². The van der Waals surface area contributed by atoms with Gasteiger partial charge in [-0.05, 0) is 30.4 Å². The van der Waals surface area contributed by atoms with Crippen LogP contribution in [0.3, 0.4) is 0 Å². The van der Waals surface area contributed by atoms with Gasteiger partial charge in [-0.3, -0.25) is 4.79 Å². The number of anilines is 1. The van der Waals surface area contributed by atoms with Crippen LogP contribution in [0.5, 0.6) is 0 Å². The molecule has 3 nitrogen and oxygen atoms in total. The maximum Gasteiger partial charge on any atom is 0.263 e. The SMILES string of the molecule is CC1(CNC(=O)c2sc3cccc(F)c3c2N)CCCC1. The summed E-state index contributed by atoms with van der Waals surface area (Å²) >= 11 is 1.25. The van der Waals surface area contributed by atoms with Crippen LogP contribution in [-0.4, -0.2) is 12.5 Å². The van der Waals surface area contributed by atoms with Crippen molar-refractivity contribution < 1.29 is 9.18 Å². The predicted octanol–water partition coefficient (Wildman–Crippen LogP) is 3.93. The fraction of sp³-hybridized carbons (Fsp3) is 0.438. The Balaban J connectivity index is 1.82. The highest BCUT2D eigenvalue weighted by Crippen LogP contribution is 2.38. The van der Waals surface area contributed by atoms with Crippen LogP contribution in [0.4, 0.5) is 10.1 Å². The minimum Gasteiger partial charge on any atom is -0.397 e. The Morgan fingerprint density at radius 2 is 2.14 bits per heavy atom. The van der Waals surface area contributed by atoms with Gasteiger partial charge in [-0.1, -0.05) is 25.8 Å². The number of nitrogen functional groups attached to an aromatic ring is 1. The van der Waals surface area contributed by atoms with E-state index in [4.69, 9.17) is 5.73 Å². The summed E-state index contributed by atoms with van der Waals surface area (Å²) in [5, 5.41) is 3.33. The van der Waals surface area contributed by atoms with Gasteiger partial charge in [0.15, 0.2) is 0 Å². The molecule has 1 aliphatic carbocycles. The molecule has 3 rings (SSSR count). The molecule has 1 saturated carbocycles. The lowest BCUT2D eigenvalue weighted by molar-refractivity contribution is 0.0939. The second-order valence-corrected chi connectivity index (χ2v) is 7.21. The molecule has 0 bridgehead atoms. The van der Waals surface area contributed by atoms with E-state index in [1.165, 1.54) is 30.2 Å². The number of hydrogen-bond donors (Lipinski definition) is 2. The number of carbonyl (C=O) groups is 1. The van der Waals surface area contributed by atoms with Gasteiger partial charge in [0.05, 0.1) is 11.1 Å². The topological polar surface area (TPSA) is 55.1 Å². The summed E-state index contributed by atoms with van der Waals surface area (Å²) in [6.45, 7) is 2.86. The van der Waals surface area contributed by atoms with Gasteiger partial charge in [0.1, 0.15) is 10.7 Å². The van der Waals surface area contributed by atoms with E-state index in [0.717, 1.165) is 12.8 Å². The number of nitrogens with two attached hydrogens (primary N) is 1. The first-order chi connectivity index (χ1) is 10.0. The lowest BCUT2D eigenvalue weighted by atomic mass is 9.89. The molecule has 21 heavy (non-hydrogen) atoms. The Kier molecular flexibility index (Phi) is 3.61. The van der Waals surface area contributed by atoms with Gasteiger partial charge in [-0.25, -0.2) is 4.39 Å². The summed E-state index contributed by atoms with van der Waals surface area (Å²) in [6.07, 6.45) is 4.73. The Morgan fingerprint density at radius 3 is 2.81 bits per heavy atom. The van der Waals surface area contributed by atoms with Crippen molar-refractivity contribution in [1.82, 2.24) is 5.32 Å². The largest absolute Gasteiger partial charge is 0.397 e. The van der Waals surface area contributed by atoms with Crippen LogP contribution in [0.15, 0.2) is 18.2 Å². The summed E-state index contributed by atoms with van der Waals surface area (Å²) in [6, 6.07) is 4.79. The molecule has 3 N–H and O–H groups in total. The third kappa shape index (κ3) is 2.62. The molecule has 1 aromatic heterocycles. The fourth-order valence-corrected chi connectivity index (χ4v) is 4.13. The molecule has 112 valence electrons. The fourth-order valence-electron chi connectivity index (χ4n) is 3.08. The third-order valence-corrected chi connectivity index (χ3v) is 5.56. The standard InChI is InChI=1S/C16H19FN2OS/c1-16(7-2-3-8-16)9-19-15(20)14-13(18)12-10(17)5-4-6-11(12)21-14/h4-6H,2-3,7-9,18H2,1H3,(H,19,20). The van der Waals surface area contributed by atoms with Crippen molar-refractivity contribution in [2.75, 3.05) is 12.3 Å².